The number of aromatic nitrogens is 1. The average molecular weight is 350 g/mol. The Morgan fingerprint density at radius 3 is 2.62 bits per heavy atom. The minimum atomic E-state index is -1.15. The molecule has 26 heavy (non-hydrogen) atoms. The molecule has 0 atom stereocenters. The van der Waals surface area contributed by atoms with Gasteiger partial charge in [0, 0.05) is 17.1 Å². The molecule has 3 aromatic rings. The van der Waals surface area contributed by atoms with Crippen molar-refractivity contribution in [1.82, 2.24) is 4.98 Å². The quantitative estimate of drug-likeness (QED) is 0.734. The lowest BCUT2D eigenvalue weighted by Crippen LogP contribution is -2.21. The molecule has 0 saturated carbocycles. The molecule has 0 saturated heterocycles. The summed E-state index contributed by atoms with van der Waals surface area (Å²) in [6.45, 7) is 3.66. The minimum absolute atomic E-state index is 0.131. The van der Waals surface area contributed by atoms with Gasteiger partial charge in [-0.05, 0) is 37.6 Å². The first-order chi connectivity index (χ1) is 12.4. The number of aromatic carboxylic acids is 1. The van der Waals surface area contributed by atoms with Crippen LogP contribution in [0, 0.1) is 13.8 Å². The molecule has 0 aliphatic rings. The molecule has 0 unspecified atom stereocenters. The Bertz CT molecular complexity index is 998. The van der Waals surface area contributed by atoms with Crippen molar-refractivity contribution in [2.24, 2.45) is 0 Å². The highest BCUT2D eigenvalue weighted by Crippen LogP contribution is 2.25. The number of carboxylic acids is 1. The van der Waals surface area contributed by atoms with E-state index in [2.05, 4.69) is 10.3 Å². The summed E-state index contributed by atoms with van der Waals surface area (Å²) in [5.41, 5.74) is 3.16. The fraction of sp³-hybridized carbons (Fsp3) is 0.150. The van der Waals surface area contributed by atoms with E-state index in [-0.39, 0.29) is 18.2 Å². The van der Waals surface area contributed by atoms with Crippen LogP contribution in [0.2, 0.25) is 0 Å². The molecule has 0 bridgehead atoms. The zero-order valence-corrected chi connectivity index (χ0v) is 14.4. The number of carbonyl (C=O) groups is 2. The Labute approximate surface area is 150 Å². The molecule has 2 aromatic carbocycles. The van der Waals surface area contributed by atoms with Crippen LogP contribution in [0.1, 0.15) is 21.6 Å². The van der Waals surface area contributed by atoms with E-state index < -0.39 is 5.97 Å². The van der Waals surface area contributed by atoms with Crippen molar-refractivity contribution in [2.75, 3.05) is 11.9 Å². The molecule has 132 valence electrons. The van der Waals surface area contributed by atoms with E-state index in [0.717, 1.165) is 16.8 Å². The van der Waals surface area contributed by atoms with Crippen LogP contribution in [0.4, 0.5) is 5.69 Å². The van der Waals surface area contributed by atoms with Gasteiger partial charge < -0.3 is 15.2 Å². The van der Waals surface area contributed by atoms with Gasteiger partial charge in [0.15, 0.2) is 12.3 Å². The fourth-order valence-electron chi connectivity index (χ4n) is 2.66. The number of carbonyl (C=O) groups excluding carboxylic acids is 1. The normalized spacial score (nSPS) is 10.5. The molecule has 3 rings (SSSR count). The Morgan fingerprint density at radius 2 is 1.88 bits per heavy atom. The number of aryl methyl sites for hydroxylation is 2. The van der Waals surface area contributed by atoms with Crippen LogP contribution in [0.5, 0.6) is 5.75 Å². The van der Waals surface area contributed by atoms with E-state index in [1.54, 1.807) is 24.3 Å². The number of benzene rings is 2. The maximum Gasteiger partial charge on any atom is 0.354 e. The number of rotatable bonds is 5. The van der Waals surface area contributed by atoms with Gasteiger partial charge in [0.2, 0.25) is 0 Å². The fourth-order valence-corrected chi connectivity index (χ4v) is 2.66. The first-order valence-corrected chi connectivity index (χ1v) is 8.07. The minimum Gasteiger partial charge on any atom is -0.483 e. The largest absolute Gasteiger partial charge is 0.483 e. The lowest BCUT2D eigenvalue weighted by Gasteiger charge is -2.12. The van der Waals surface area contributed by atoms with Crippen molar-refractivity contribution < 1.29 is 19.4 Å². The Balaban J connectivity index is 1.78. The number of hydrogen-bond acceptors (Lipinski definition) is 4. The molecule has 2 N–H and O–H groups in total. The second kappa shape index (κ2) is 7.23. The summed E-state index contributed by atoms with van der Waals surface area (Å²) in [5, 5.41) is 12.6. The second-order valence-electron chi connectivity index (χ2n) is 5.98. The summed E-state index contributed by atoms with van der Waals surface area (Å²) < 4.78 is 5.59. The molecule has 1 amide bonds. The van der Waals surface area contributed by atoms with Gasteiger partial charge in [-0.2, -0.15) is 0 Å². The Morgan fingerprint density at radius 1 is 1.12 bits per heavy atom. The van der Waals surface area contributed by atoms with Crippen LogP contribution in [-0.4, -0.2) is 28.6 Å². The monoisotopic (exact) mass is 350 g/mol. The van der Waals surface area contributed by atoms with Gasteiger partial charge in [-0.15, -0.1) is 0 Å². The molecular formula is C20H18N2O4. The number of fused-ring (bicyclic) bond motifs is 1. The average Bonchev–Trinajstić information content (AvgIpc) is 2.61. The van der Waals surface area contributed by atoms with Gasteiger partial charge in [-0.3, -0.25) is 4.79 Å². The van der Waals surface area contributed by atoms with Gasteiger partial charge in [0.25, 0.3) is 5.91 Å². The molecule has 1 heterocycles. The number of para-hydroxylation sites is 1. The third-order valence-electron chi connectivity index (χ3n) is 3.91. The van der Waals surface area contributed by atoms with Crippen LogP contribution in [-0.2, 0) is 4.79 Å². The molecule has 6 heteroatoms. The number of pyridine rings is 1. The smallest absolute Gasteiger partial charge is 0.354 e. The number of nitrogens with zero attached hydrogens (tertiary/aromatic N) is 1. The topological polar surface area (TPSA) is 88.5 Å². The van der Waals surface area contributed by atoms with E-state index in [0.29, 0.717) is 16.7 Å². The van der Waals surface area contributed by atoms with E-state index in [1.807, 2.05) is 32.0 Å². The van der Waals surface area contributed by atoms with Crippen molar-refractivity contribution >= 4 is 28.5 Å². The van der Waals surface area contributed by atoms with Gasteiger partial charge in [-0.1, -0.05) is 29.8 Å². The summed E-state index contributed by atoms with van der Waals surface area (Å²) in [6.07, 6.45) is 0. The number of carboxylic acid groups (broad SMARTS) is 1. The third kappa shape index (κ3) is 3.80. The Kier molecular flexibility index (Phi) is 4.84. The number of amides is 1. The van der Waals surface area contributed by atoms with Crippen LogP contribution in [0.15, 0.2) is 48.5 Å². The predicted octanol–water partition coefficient (Wildman–Crippen LogP) is 3.57. The van der Waals surface area contributed by atoms with Gasteiger partial charge in [0.05, 0.1) is 5.52 Å². The van der Waals surface area contributed by atoms with Crippen LogP contribution in [0.25, 0.3) is 10.9 Å². The third-order valence-corrected chi connectivity index (χ3v) is 3.91. The summed E-state index contributed by atoms with van der Waals surface area (Å²) >= 11 is 0. The van der Waals surface area contributed by atoms with Crippen LogP contribution >= 0.6 is 0 Å². The molecule has 0 radical (unpaired) electrons. The number of nitrogens with one attached hydrogen (secondary N) is 1. The zero-order valence-electron chi connectivity index (χ0n) is 14.4. The molecule has 0 fully saturated rings. The molecule has 1 aromatic heterocycles. The molecule has 0 aliphatic heterocycles. The van der Waals surface area contributed by atoms with E-state index in [4.69, 9.17) is 4.74 Å². The highest BCUT2D eigenvalue weighted by Gasteiger charge is 2.13. The maximum atomic E-state index is 12.2. The van der Waals surface area contributed by atoms with Crippen LogP contribution < -0.4 is 10.1 Å². The molecule has 0 aliphatic carbocycles. The molecule has 0 spiro atoms. The lowest BCUT2D eigenvalue weighted by molar-refractivity contribution is -0.118. The second-order valence-corrected chi connectivity index (χ2v) is 5.98. The predicted molar refractivity (Wildman–Crippen MR) is 98.7 cm³/mol. The first kappa shape index (κ1) is 17.4. The number of ether oxygens (including phenoxy) is 1. The van der Waals surface area contributed by atoms with E-state index >= 15 is 0 Å². The van der Waals surface area contributed by atoms with E-state index in [9.17, 15) is 14.7 Å². The van der Waals surface area contributed by atoms with Gasteiger partial charge in [0.1, 0.15) is 5.75 Å². The van der Waals surface area contributed by atoms with E-state index in [1.165, 1.54) is 6.07 Å². The van der Waals surface area contributed by atoms with Gasteiger partial charge in [-0.25, -0.2) is 9.78 Å². The standard InChI is InChI=1S/C20H18N2O4/c1-12-7-8-15(13(2)9-12)22-19(23)11-26-18-10-17(20(24)25)21-16-6-4-3-5-14(16)18/h3-10H,11H2,1-2H3,(H,22,23)(H,24,25). The highest BCUT2D eigenvalue weighted by molar-refractivity contribution is 5.95. The number of anilines is 1. The Hall–Kier alpha value is -3.41. The number of hydrogen-bond donors (Lipinski definition) is 2. The summed E-state index contributed by atoms with van der Waals surface area (Å²) in [5.74, 6) is -1.17. The van der Waals surface area contributed by atoms with Crippen molar-refractivity contribution in [3.05, 3.63) is 65.4 Å². The SMILES string of the molecule is Cc1ccc(NC(=O)COc2cc(C(=O)O)nc3ccccc23)c(C)c1. The van der Waals surface area contributed by atoms with Crippen molar-refractivity contribution in [3.8, 4) is 5.75 Å². The first-order valence-electron chi connectivity index (χ1n) is 8.07. The summed E-state index contributed by atoms with van der Waals surface area (Å²) in [4.78, 5) is 27.5. The van der Waals surface area contributed by atoms with Crippen LogP contribution in [0.3, 0.4) is 0 Å². The van der Waals surface area contributed by atoms with Crippen molar-refractivity contribution in [2.45, 2.75) is 13.8 Å². The van der Waals surface area contributed by atoms with Gasteiger partial charge >= 0.3 is 5.97 Å². The maximum absolute atomic E-state index is 12.2. The molecule has 6 nitrogen and oxygen atoms in total. The lowest BCUT2D eigenvalue weighted by atomic mass is 10.1. The zero-order chi connectivity index (χ0) is 18.7. The van der Waals surface area contributed by atoms with Crippen molar-refractivity contribution in [3.63, 3.8) is 0 Å². The highest BCUT2D eigenvalue weighted by atomic mass is 16.5. The van der Waals surface area contributed by atoms with Crippen molar-refractivity contribution in [1.29, 1.82) is 0 Å². The summed E-state index contributed by atoms with van der Waals surface area (Å²) in [6, 6.07) is 14.1. The molecular weight excluding hydrogens is 332 g/mol. The summed E-state index contributed by atoms with van der Waals surface area (Å²) in [7, 11) is 0.